The number of thiophene rings is 1. The van der Waals surface area contributed by atoms with Crippen molar-refractivity contribution in [2.75, 3.05) is 4.90 Å². The summed E-state index contributed by atoms with van der Waals surface area (Å²) in [6, 6.07) is 8.57. The van der Waals surface area contributed by atoms with Gasteiger partial charge < -0.3 is 4.90 Å². The summed E-state index contributed by atoms with van der Waals surface area (Å²) in [6.45, 7) is 5.28. The van der Waals surface area contributed by atoms with Crippen LogP contribution in [0.25, 0.3) is 0 Å². The van der Waals surface area contributed by atoms with Gasteiger partial charge in [0.05, 0.1) is 6.54 Å². The van der Waals surface area contributed by atoms with Crippen LogP contribution in [0.3, 0.4) is 0 Å². The maximum Gasteiger partial charge on any atom is 0.131 e. The summed E-state index contributed by atoms with van der Waals surface area (Å²) in [5.74, 6) is 0. The number of aromatic nitrogens is 1. The van der Waals surface area contributed by atoms with E-state index in [-0.39, 0.29) is 0 Å². The lowest BCUT2D eigenvalue weighted by Crippen LogP contribution is -2.29. The quantitative estimate of drug-likeness (QED) is 0.771. The maximum absolute atomic E-state index is 5.94. The van der Waals surface area contributed by atoms with Crippen LogP contribution in [0.4, 0.5) is 5.69 Å². The zero-order chi connectivity index (χ0) is 12.3. The van der Waals surface area contributed by atoms with Gasteiger partial charge in [-0.25, -0.2) is 4.98 Å². The third kappa shape index (κ3) is 3.20. The number of hydrogen-bond donors (Lipinski definition) is 0. The van der Waals surface area contributed by atoms with Gasteiger partial charge in [-0.15, -0.1) is 11.3 Å². The van der Waals surface area contributed by atoms with E-state index in [1.165, 1.54) is 4.88 Å². The molecule has 0 amide bonds. The minimum absolute atomic E-state index is 0.426. The maximum atomic E-state index is 5.94. The first-order chi connectivity index (χ1) is 8.16. The normalized spacial score (nSPS) is 10.8. The van der Waals surface area contributed by atoms with E-state index in [9.17, 15) is 0 Å². The van der Waals surface area contributed by atoms with Crippen molar-refractivity contribution < 1.29 is 0 Å². The monoisotopic (exact) mass is 266 g/mol. The second-order valence-electron chi connectivity index (χ2n) is 4.14. The molecular weight excluding hydrogens is 252 g/mol. The van der Waals surface area contributed by atoms with Crippen molar-refractivity contribution in [3.63, 3.8) is 0 Å². The number of anilines is 1. The predicted molar refractivity (Wildman–Crippen MR) is 74.9 cm³/mol. The molecule has 0 aliphatic rings. The Morgan fingerprint density at radius 1 is 1.41 bits per heavy atom. The molecule has 0 atom stereocenters. The predicted octanol–water partition coefficient (Wildman–Crippen LogP) is 4.21. The highest BCUT2D eigenvalue weighted by Gasteiger charge is 2.12. The van der Waals surface area contributed by atoms with Crippen LogP contribution in [0.2, 0.25) is 5.15 Å². The van der Waals surface area contributed by atoms with E-state index in [2.05, 4.69) is 41.2 Å². The Labute approximate surface area is 111 Å². The summed E-state index contributed by atoms with van der Waals surface area (Å²) in [4.78, 5) is 7.69. The van der Waals surface area contributed by atoms with E-state index in [1.807, 2.05) is 12.1 Å². The highest BCUT2D eigenvalue weighted by atomic mass is 35.5. The second kappa shape index (κ2) is 5.52. The molecule has 0 unspecified atom stereocenters. The molecule has 0 aliphatic heterocycles. The minimum atomic E-state index is 0.426. The van der Waals surface area contributed by atoms with E-state index in [0.29, 0.717) is 11.2 Å². The molecule has 0 fully saturated rings. The van der Waals surface area contributed by atoms with Crippen molar-refractivity contribution in [3.8, 4) is 0 Å². The number of hydrogen-bond acceptors (Lipinski definition) is 3. The molecule has 2 rings (SSSR count). The molecule has 0 saturated heterocycles. The molecule has 0 spiro atoms. The molecule has 0 N–H and O–H groups in total. The molecule has 90 valence electrons. The second-order valence-corrected chi connectivity index (χ2v) is 5.56. The average Bonchev–Trinajstić information content (AvgIpc) is 2.78. The number of pyridine rings is 1. The van der Waals surface area contributed by atoms with Crippen LogP contribution >= 0.6 is 22.9 Å². The van der Waals surface area contributed by atoms with Gasteiger partial charge in [0.2, 0.25) is 0 Å². The van der Waals surface area contributed by atoms with Gasteiger partial charge in [0.25, 0.3) is 0 Å². The van der Waals surface area contributed by atoms with Crippen LogP contribution in [0.1, 0.15) is 18.7 Å². The van der Waals surface area contributed by atoms with Crippen molar-refractivity contribution in [2.24, 2.45) is 0 Å². The van der Waals surface area contributed by atoms with Gasteiger partial charge in [-0.1, -0.05) is 17.7 Å². The molecule has 0 radical (unpaired) electrons. The fourth-order valence-corrected chi connectivity index (χ4v) is 2.58. The molecule has 0 saturated carbocycles. The summed E-state index contributed by atoms with van der Waals surface area (Å²) in [5, 5.41) is 2.65. The smallest absolute Gasteiger partial charge is 0.131 e. The first kappa shape index (κ1) is 12.4. The van der Waals surface area contributed by atoms with Crippen LogP contribution in [0.5, 0.6) is 0 Å². The Kier molecular flexibility index (Phi) is 4.02. The van der Waals surface area contributed by atoms with Gasteiger partial charge in [-0.2, -0.15) is 0 Å². The zero-order valence-electron chi connectivity index (χ0n) is 9.93. The molecule has 2 heterocycles. The van der Waals surface area contributed by atoms with Gasteiger partial charge >= 0.3 is 0 Å². The molecule has 0 aromatic carbocycles. The first-order valence-electron chi connectivity index (χ1n) is 5.57. The summed E-state index contributed by atoms with van der Waals surface area (Å²) < 4.78 is 0. The summed E-state index contributed by atoms with van der Waals surface area (Å²) in [5.41, 5.74) is 1.12. The van der Waals surface area contributed by atoms with Crippen molar-refractivity contribution in [1.82, 2.24) is 4.98 Å². The van der Waals surface area contributed by atoms with Crippen molar-refractivity contribution in [1.29, 1.82) is 0 Å². The van der Waals surface area contributed by atoms with Crippen LogP contribution in [0, 0.1) is 0 Å². The lowest BCUT2D eigenvalue weighted by atomic mass is 10.2. The number of rotatable bonds is 4. The van der Waals surface area contributed by atoms with Crippen LogP contribution in [-0.2, 0) is 6.54 Å². The third-order valence-corrected chi connectivity index (χ3v) is 3.64. The van der Waals surface area contributed by atoms with E-state index in [1.54, 1.807) is 17.5 Å². The standard InChI is InChI=1S/C13H15ClN2S/c1-10(2)16(9-12-4-3-7-17-12)11-5-6-15-13(14)8-11/h3-8,10H,9H2,1-2H3. The first-order valence-corrected chi connectivity index (χ1v) is 6.83. The van der Waals surface area contributed by atoms with E-state index < -0.39 is 0 Å². The molecule has 4 heteroatoms. The van der Waals surface area contributed by atoms with E-state index in [0.717, 1.165) is 12.2 Å². The SMILES string of the molecule is CC(C)N(Cc1cccs1)c1ccnc(Cl)c1. The van der Waals surface area contributed by atoms with Gasteiger partial charge in [-0.05, 0) is 37.4 Å². The van der Waals surface area contributed by atoms with Crippen molar-refractivity contribution in [2.45, 2.75) is 26.4 Å². The lowest BCUT2D eigenvalue weighted by molar-refractivity contribution is 0.687. The molecule has 2 nitrogen and oxygen atoms in total. The summed E-state index contributed by atoms with van der Waals surface area (Å²) >= 11 is 7.72. The summed E-state index contributed by atoms with van der Waals surface area (Å²) in [7, 11) is 0. The topological polar surface area (TPSA) is 16.1 Å². The van der Waals surface area contributed by atoms with E-state index in [4.69, 9.17) is 11.6 Å². The van der Waals surface area contributed by atoms with Gasteiger partial charge in [0.1, 0.15) is 5.15 Å². The molecule has 0 bridgehead atoms. The van der Waals surface area contributed by atoms with Gasteiger partial charge in [0, 0.05) is 22.8 Å². The molecule has 2 aromatic heterocycles. The van der Waals surface area contributed by atoms with E-state index >= 15 is 0 Å². The van der Waals surface area contributed by atoms with Crippen molar-refractivity contribution >= 4 is 28.6 Å². The minimum Gasteiger partial charge on any atom is -0.364 e. The molecular formula is C13H15ClN2S. The Bertz CT molecular complexity index is 468. The molecule has 17 heavy (non-hydrogen) atoms. The average molecular weight is 267 g/mol. The lowest BCUT2D eigenvalue weighted by Gasteiger charge is -2.28. The highest BCUT2D eigenvalue weighted by molar-refractivity contribution is 7.09. The van der Waals surface area contributed by atoms with Gasteiger partial charge in [-0.3, -0.25) is 0 Å². The Morgan fingerprint density at radius 2 is 2.24 bits per heavy atom. The fraction of sp³-hybridized carbons (Fsp3) is 0.308. The Hall–Kier alpha value is -1.06. The number of nitrogens with zero attached hydrogens (tertiary/aromatic N) is 2. The zero-order valence-corrected chi connectivity index (χ0v) is 11.5. The third-order valence-electron chi connectivity index (χ3n) is 2.57. The molecule has 0 aliphatic carbocycles. The van der Waals surface area contributed by atoms with Crippen molar-refractivity contribution in [3.05, 3.63) is 45.9 Å². The highest BCUT2D eigenvalue weighted by Crippen LogP contribution is 2.23. The summed E-state index contributed by atoms with van der Waals surface area (Å²) in [6.07, 6.45) is 1.75. The Balaban J connectivity index is 2.23. The van der Waals surface area contributed by atoms with Crippen LogP contribution in [-0.4, -0.2) is 11.0 Å². The fourth-order valence-electron chi connectivity index (χ4n) is 1.71. The number of halogens is 1. The Morgan fingerprint density at radius 3 is 2.82 bits per heavy atom. The molecule has 2 aromatic rings. The van der Waals surface area contributed by atoms with Crippen LogP contribution < -0.4 is 4.90 Å². The van der Waals surface area contributed by atoms with Crippen LogP contribution in [0.15, 0.2) is 35.8 Å². The largest absolute Gasteiger partial charge is 0.364 e. The van der Waals surface area contributed by atoms with Gasteiger partial charge in [0.15, 0.2) is 0 Å².